The van der Waals surface area contributed by atoms with Gasteiger partial charge in [0.25, 0.3) is 5.91 Å². The van der Waals surface area contributed by atoms with Gasteiger partial charge in [-0.15, -0.1) is 0 Å². The average Bonchev–Trinajstić information content (AvgIpc) is 2.61. The summed E-state index contributed by atoms with van der Waals surface area (Å²) >= 11 is 2.02. The van der Waals surface area contributed by atoms with Crippen molar-refractivity contribution < 1.29 is 14.3 Å². The third-order valence-electron chi connectivity index (χ3n) is 2.62. The average molecular weight is 386 g/mol. The van der Waals surface area contributed by atoms with Crippen molar-refractivity contribution in [2.24, 2.45) is 5.73 Å². The summed E-state index contributed by atoms with van der Waals surface area (Å²) in [5.41, 5.74) is 5.52. The van der Waals surface area contributed by atoms with Crippen LogP contribution in [0.2, 0.25) is 0 Å². The second kappa shape index (κ2) is 5.08. The van der Waals surface area contributed by atoms with Crippen LogP contribution in [-0.2, 0) is 4.74 Å². The highest BCUT2D eigenvalue weighted by Gasteiger charge is 2.26. The maximum atomic E-state index is 12.3. The summed E-state index contributed by atoms with van der Waals surface area (Å²) in [6.07, 6.45) is -0.606. The van der Waals surface area contributed by atoms with E-state index < -0.39 is 17.6 Å². The Labute approximate surface area is 130 Å². The van der Waals surface area contributed by atoms with E-state index in [4.69, 9.17) is 10.5 Å². The van der Waals surface area contributed by atoms with Crippen LogP contribution in [0.5, 0.6) is 0 Å². The number of benzene rings is 1. The van der Waals surface area contributed by atoms with Crippen LogP contribution in [0.15, 0.2) is 24.3 Å². The van der Waals surface area contributed by atoms with Crippen molar-refractivity contribution in [3.8, 4) is 0 Å². The minimum absolute atomic E-state index is 0.154. The molecule has 0 aliphatic carbocycles. The fourth-order valence-corrected chi connectivity index (χ4v) is 2.88. The number of para-hydroxylation sites is 1. The first kappa shape index (κ1) is 14.8. The Morgan fingerprint density at radius 3 is 2.40 bits per heavy atom. The van der Waals surface area contributed by atoms with E-state index in [1.165, 1.54) is 4.57 Å². The van der Waals surface area contributed by atoms with Gasteiger partial charge in [-0.2, -0.15) is 0 Å². The second-order valence-electron chi connectivity index (χ2n) is 5.36. The smallest absolute Gasteiger partial charge is 0.419 e. The van der Waals surface area contributed by atoms with Gasteiger partial charge in [0.2, 0.25) is 0 Å². The Bertz CT molecular complexity index is 698. The van der Waals surface area contributed by atoms with E-state index in [-0.39, 0.29) is 5.69 Å². The molecule has 1 aromatic heterocycles. The number of carbonyl (C=O) groups is 2. The van der Waals surface area contributed by atoms with Crippen LogP contribution in [0, 0.1) is 3.57 Å². The van der Waals surface area contributed by atoms with E-state index in [2.05, 4.69) is 0 Å². The third-order valence-corrected chi connectivity index (χ3v) is 3.71. The van der Waals surface area contributed by atoms with Gasteiger partial charge in [-0.25, -0.2) is 9.36 Å². The monoisotopic (exact) mass is 386 g/mol. The molecule has 0 radical (unpaired) electrons. The second-order valence-corrected chi connectivity index (χ2v) is 6.44. The van der Waals surface area contributed by atoms with Gasteiger partial charge in [0.05, 0.1) is 9.09 Å². The zero-order chi connectivity index (χ0) is 15.1. The summed E-state index contributed by atoms with van der Waals surface area (Å²) in [7, 11) is 0. The van der Waals surface area contributed by atoms with Crippen molar-refractivity contribution in [3.63, 3.8) is 0 Å². The van der Waals surface area contributed by atoms with E-state index >= 15 is 0 Å². The van der Waals surface area contributed by atoms with Crippen molar-refractivity contribution >= 4 is 45.5 Å². The van der Waals surface area contributed by atoms with Crippen LogP contribution in [0.1, 0.15) is 31.3 Å². The standard InChI is InChI=1S/C14H15IN2O3/c1-14(2,3)20-13(19)17-9-7-5-4-6-8(9)10(15)11(17)12(16)18/h4-7H,1-3H3,(H2,16,18). The molecule has 1 heterocycles. The van der Waals surface area contributed by atoms with Crippen molar-refractivity contribution in [2.75, 3.05) is 0 Å². The van der Waals surface area contributed by atoms with Crippen LogP contribution in [-0.4, -0.2) is 22.2 Å². The normalized spacial score (nSPS) is 11.6. The number of nitrogens with zero attached hydrogens (tertiary/aromatic N) is 1. The van der Waals surface area contributed by atoms with Gasteiger partial charge >= 0.3 is 6.09 Å². The molecule has 0 saturated carbocycles. The lowest BCUT2D eigenvalue weighted by atomic mass is 10.2. The van der Waals surface area contributed by atoms with Gasteiger partial charge < -0.3 is 10.5 Å². The predicted molar refractivity (Wildman–Crippen MR) is 84.8 cm³/mol. The van der Waals surface area contributed by atoms with Crippen molar-refractivity contribution in [1.82, 2.24) is 4.57 Å². The summed E-state index contributed by atoms with van der Waals surface area (Å²) in [5, 5.41) is 0.799. The molecule has 1 amide bonds. The largest absolute Gasteiger partial charge is 0.443 e. The van der Waals surface area contributed by atoms with Crippen LogP contribution in [0.4, 0.5) is 4.79 Å². The van der Waals surface area contributed by atoms with Crippen LogP contribution in [0.25, 0.3) is 10.9 Å². The van der Waals surface area contributed by atoms with E-state index in [0.29, 0.717) is 9.09 Å². The lowest BCUT2D eigenvalue weighted by Crippen LogP contribution is -2.30. The number of primary amides is 1. The number of carbonyl (C=O) groups excluding carboxylic acids is 2. The third kappa shape index (κ3) is 2.65. The van der Waals surface area contributed by atoms with E-state index in [9.17, 15) is 9.59 Å². The molecule has 6 heteroatoms. The molecule has 106 valence electrons. The maximum absolute atomic E-state index is 12.3. The molecule has 0 saturated heterocycles. The Morgan fingerprint density at radius 1 is 1.25 bits per heavy atom. The number of aromatic nitrogens is 1. The highest BCUT2D eigenvalue weighted by Crippen LogP contribution is 2.28. The first-order chi connectivity index (χ1) is 9.22. The lowest BCUT2D eigenvalue weighted by molar-refractivity contribution is 0.0535. The highest BCUT2D eigenvalue weighted by molar-refractivity contribution is 14.1. The van der Waals surface area contributed by atoms with Gasteiger partial charge in [0, 0.05) is 5.39 Å². The van der Waals surface area contributed by atoms with Crippen molar-refractivity contribution in [1.29, 1.82) is 0 Å². The van der Waals surface area contributed by atoms with E-state index in [1.54, 1.807) is 32.9 Å². The van der Waals surface area contributed by atoms with Gasteiger partial charge in [-0.05, 0) is 49.4 Å². The number of hydrogen-bond acceptors (Lipinski definition) is 3. The molecule has 0 fully saturated rings. The molecular formula is C14H15IN2O3. The Morgan fingerprint density at radius 2 is 1.85 bits per heavy atom. The summed E-state index contributed by atoms with van der Waals surface area (Å²) in [6, 6.07) is 7.23. The van der Waals surface area contributed by atoms with E-state index in [0.717, 1.165) is 5.39 Å². The van der Waals surface area contributed by atoms with Crippen LogP contribution < -0.4 is 5.73 Å². The van der Waals surface area contributed by atoms with Crippen molar-refractivity contribution in [3.05, 3.63) is 33.5 Å². The van der Waals surface area contributed by atoms with Gasteiger partial charge in [0.15, 0.2) is 0 Å². The molecule has 0 aliphatic heterocycles. The quantitative estimate of drug-likeness (QED) is 0.766. The fourth-order valence-electron chi connectivity index (χ4n) is 1.92. The molecule has 0 atom stereocenters. The lowest BCUT2D eigenvalue weighted by Gasteiger charge is -2.20. The molecule has 2 N–H and O–H groups in total. The number of rotatable bonds is 1. The molecule has 2 aromatic rings. The molecule has 20 heavy (non-hydrogen) atoms. The maximum Gasteiger partial charge on any atom is 0.419 e. The Hall–Kier alpha value is -1.57. The zero-order valence-electron chi connectivity index (χ0n) is 11.4. The van der Waals surface area contributed by atoms with Gasteiger partial charge in [-0.1, -0.05) is 18.2 Å². The van der Waals surface area contributed by atoms with Gasteiger partial charge in [-0.3, -0.25) is 4.79 Å². The van der Waals surface area contributed by atoms with Crippen LogP contribution >= 0.6 is 22.6 Å². The minimum atomic E-state index is -0.656. The number of halogens is 1. The number of amides is 1. The molecule has 1 aromatic carbocycles. The summed E-state index contributed by atoms with van der Waals surface area (Å²) < 4.78 is 7.24. The molecular weight excluding hydrogens is 371 g/mol. The Balaban J connectivity index is 2.70. The number of fused-ring (bicyclic) bond motifs is 1. The minimum Gasteiger partial charge on any atom is -0.443 e. The Kier molecular flexibility index (Phi) is 3.77. The SMILES string of the molecule is CC(C)(C)OC(=O)n1c(C(N)=O)c(I)c2ccccc21. The fraction of sp³-hybridized carbons (Fsp3) is 0.286. The predicted octanol–water partition coefficient (Wildman–Crippen LogP) is 3.13. The van der Waals surface area contributed by atoms with Crippen LogP contribution in [0.3, 0.4) is 0 Å². The number of hydrogen-bond donors (Lipinski definition) is 1. The molecule has 2 rings (SSSR count). The molecule has 0 spiro atoms. The topological polar surface area (TPSA) is 74.3 Å². The van der Waals surface area contributed by atoms with E-state index in [1.807, 2.05) is 34.7 Å². The molecule has 0 bridgehead atoms. The molecule has 5 nitrogen and oxygen atoms in total. The summed E-state index contributed by atoms with van der Waals surface area (Å²) in [5.74, 6) is -0.656. The summed E-state index contributed by atoms with van der Waals surface area (Å²) in [6.45, 7) is 5.31. The first-order valence-corrected chi connectivity index (χ1v) is 7.12. The van der Waals surface area contributed by atoms with Gasteiger partial charge in [0.1, 0.15) is 11.3 Å². The first-order valence-electron chi connectivity index (χ1n) is 6.04. The molecule has 0 aliphatic rings. The number of ether oxygens (including phenoxy) is 1. The molecule has 0 unspecified atom stereocenters. The van der Waals surface area contributed by atoms with Crippen molar-refractivity contribution in [2.45, 2.75) is 26.4 Å². The summed E-state index contributed by atoms with van der Waals surface area (Å²) in [4.78, 5) is 24.0. The zero-order valence-corrected chi connectivity index (χ0v) is 13.6. The highest BCUT2D eigenvalue weighted by atomic mass is 127. The number of nitrogens with two attached hydrogens (primary N) is 1.